The van der Waals surface area contributed by atoms with Gasteiger partial charge in [-0.15, -0.1) is 0 Å². The van der Waals surface area contributed by atoms with Crippen molar-refractivity contribution >= 4 is 34.2 Å². The van der Waals surface area contributed by atoms with Gasteiger partial charge in [0.2, 0.25) is 0 Å². The topological polar surface area (TPSA) is 61.5 Å². The number of aromatic amines is 1. The molecular weight excluding hydrogens is 424 g/mol. The average molecular weight is 447 g/mol. The maximum Gasteiger partial charge on any atom is 0.253 e. The van der Waals surface area contributed by atoms with E-state index in [2.05, 4.69) is 20.9 Å². The Morgan fingerprint density at radius 3 is 2.50 bits per heavy atom. The van der Waals surface area contributed by atoms with Gasteiger partial charge >= 0.3 is 0 Å². The number of amides is 1. The first-order valence-corrected chi connectivity index (χ1v) is 10.9. The molecule has 1 aliphatic rings. The first-order chi connectivity index (χ1) is 15.6. The van der Waals surface area contributed by atoms with Crippen LogP contribution in [0.5, 0.6) is 5.75 Å². The van der Waals surface area contributed by atoms with Crippen LogP contribution in [0, 0.1) is 0 Å². The van der Waals surface area contributed by atoms with Crippen molar-refractivity contribution in [3.05, 3.63) is 77.3 Å². The van der Waals surface area contributed by atoms with Crippen molar-refractivity contribution in [3.63, 3.8) is 0 Å². The molecule has 0 radical (unpaired) electrons. The highest BCUT2D eigenvalue weighted by molar-refractivity contribution is 6.31. The number of hydrogen-bond acceptors (Lipinski definition) is 4. The Balaban J connectivity index is 1.27. The number of fused-ring (bicyclic) bond motifs is 1. The number of benzene rings is 3. The van der Waals surface area contributed by atoms with Crippen LogP contribution in [0.4, 0.5) is 5.69 Å². The van der Waals surface area contributed by atoms with Crippen molar-refractivity contribution in [1.29, 1.82) is 0 Å². The summed E-state index contributed by atoms with van der Waals surface area (Å²) in [5, 5.41) is 0.666. The predicted octanol–water partition coefficient (Wildman–Crippen LogP) is 4.85. The molecule has 2 heterocycles. The zero-order valence-corrected chi connectivity index (χ0v) is 18.5. The predicted molar refractivity (Wildman–Crippen MR) is 128 cm³/mol. The number of anilines is 1. The minimum Gasteiger partial charge on any atom is -0.495 e. The van der Waals surface area contributed by atoms with Crippen molar-refractivity contribution < 1.29 is 9.53 Å². The summed E-state index contributed by atoms with van der Waals surface area (Å²) >= 11 is 6.06. The van der Waals surface area contributed by atoms with Crippen molar-refractivity contribution in [2.75, 3.05) is 38.2 Å². The second-order valence-corrected chi connectivity index (χ2v) is 8.21. The third-order valence-corrected chi connectivity index (χ3v) is 6.08. The van der Waals surface area contributed by atoms with Crippen molar-refractivity contribution in [3.8, 4) is 17.1 Å². The van der Waals surface area contributed by atoms with Gasteiger partial charge in [-0.2, -0.15) is 0 Å². The number of hydrogen-bond donors (Lipinski definition) is 1. The summed E-state index contributed by atoms with van der Waals surface area (Å²) in [6.45, 7) is 2.88. The SMILES string of the molecule is COc1ccccc1N1CCN(C(=O)c2ccc(-c3nc4ccc(Cl)cc4[nH]3)cc2)CC1. The molecule has 1 saturated heterocycles. The Kier molecular flexibility index (Phi) is 5.45. The molecule has 1 N–H and O–H groups in total. The summed E-state index contributed by atoms with van der Waals surface area (Å²) < 4.78 is 5.48. The van der Waals surface area contributed by atoms with Gasteiger partial charge in [-0.3, -0.25) is 4.79 Å². The number of para-hydroxylation sites is 2. The first-order valence-electron chi connectivity index (χ1n) is 10.6. The maximum atomic E-state index is 13.0. The summed E-state index contributed by atoms with van der Waals surface area (Å²) in [7, 11) is 1.68. The summed E-state index contributed by atoms with van der Waals surface area (Å²) in [5.41, 5.74) is 4.42. The summed E-state index contributed by atoms with van der Waals surface area (Å²) in [4.78, 5) is 25.1. The van der Waals surface area contributed by atoms with E-state index >= 15 is 0 Å². The zero-order valence-electron chi connectivity index (χ0n) is 17.7. The molecule has 4 aromatic rings. The molecule has 6 nitrogen and oxygen atoms in total. The summed E-state index contributed by atoms with van der Waals surface area (Å²) in [6, 6.07) is 21.1. The van der Waals surface area contributed by atoms with Gasteiger partial charge in [0, 0.05) is 42.3 Å². The van der Waals surface area contributed by atoms with Gasteiger partial charge in [-0.1, -0.05) is 35.9 Å². The monoisotopic (exact) mass is 446 g/mol. The Bertz CT molecular complexity index is 1260. The highest BCUT2D eigenvalue weighted by atomic mass is 35.5. The van der Waals surface area contributed by atoms with Crippen molar-refractivity contribution in [2.24, 2.45) is 0 Å². The second-order valence-electron chi connectivity index (χ2n) is 7.78. The average Bonchev–Trinajstić information content (AvgIpc) is 3.27. The van der Waals surface area contributed by atoms with Crippen LogP contribution in [0.1, 0.15) is 10.4 Å². The molecule has 0 aliphatic carbocycles. The minimum atomic E-state index is 0.0487. The van der Waals surface area contributed by atoms with Crippen LogP contribution in [0.25, 0.3) is 22.4 Å². The fourth-order valence-corrected chi connectivity index (χ4v) is 4.29. The quantitative estimate of drug-likeness (QED) is 0.486. The van der Waals surface area contributed by atoms with E-state index in [-0.39, 0.29) is 5.91 Å². The third kappa shape index (κ3) is 3.89. The van der Waals surface area contributed by atoms with Gasteiger partial charge in [0.05, 0.1) is 23.8 Å². The summed E-state index contributed by atoms with van der Waals surface area (Å²) in [6.07, 6.45) is 0. The molecule has 1 amide bonds. The summed E-state index contributed by atoms with van der Waals surface area (Å²) in [5.74, 6) is 1.66. The Labute approximate surface area is 191 Å². The lowest BCUT2D eigenvalue weighted by atomic mass is 10.1. The fraction of sp³-hybridized carbons (Fsp3) is 0.200. The number of carbonyl (C=O) groups excluding carboxylic acids is 1. The van der Waals surface area contributed by atoms with Crippen LogP contribution in [0.2, 0.25) is 5.02 Å². The Hall–Kier alpha value is -3.51. The number of aromatic nitrogens is 2. The number of rotatable bonds is 4. The molecule has 0 bridgehead atoms. The van der Waals surface area contributed by atoms with Gasteiger partial charge in [0.25, 0.3) is 5.91 Å². The largest absolute Gasteiger partial charge is 0.495 e. The molecule has 1 aromatic heterocycles. The molecule has 7 heteroatoms. The van der Waals surface area contributed by atoms with Crippen LogP contribution >= 0.6 is 11.6 Å². The molecule has 1 fully saturated rings. The number of H-pyrrole nitrogens is 1. The van der Waals surface area contributed by atoms with E-state index < -0.39 is 0 Å². The lowest BCUT2D eigenvalue weighted by molar-refractivity contribution is 0.0746. The van der Waals surface area contributed by atoms with Gasteiger partial charge in [-0.25, -0.2) is 4.98 Å². The molecule has 0 spiro atoms. The number of nitrogens with zero attached hydrogens (tertiary/aromatic N) is 3. The lowest BCUT2D eigenvalue weighted by Crippen LogP contribution is -2.48. The number of piperazine rings is 1. The molecule has 32 heavy (non-hydrogen) atoms. The molecule has 3 aromatic carbocycles. The van der Waals surface area contributed by atoms with E-state index in [1.165, 1.54) is 0 Å². The normalized spacial score (nSPS) is 14.1. The van der Waals surface area contributed by atoms with E-state index in [1.54, 1.807) is 7.11 Å². The standard InChI is InChI=1S/C25H23ClN4O2/c1-32-23-5-3-2-4-22(23)29-12-14-30(15-13-29)25(31)18-8-6-17(7-9-18)24-27-20-11-10-19(26)16-21(20)28-24/h2-11,16H,12-15H2,1H3,(H,27,28). The molecule has 162 valence electrons. The van der Waals surface area contributed by atoms with Gasteiger partial charge in [0.1, 0.15) is 11.6 Å². The molecular formula is C25H23ClN4O2. The second kappa shape index (κ2) is 8.55. The number of ether oxygens (including phenoxy) is 1. The van der Waals surface area contributed by atoms with E-state index in [9.17, 15) is 4.79 Å². The minimum absolute atomic E-state index is 0.0487. The molecule has 0 unspecified atom stereocenters. The van der Waals surface area contributed by atoms with E-state index in [4.69, 9.17) is 16.3 Å². The van der Waals surface area contributed by atoms with Crippen molar-refractivity contribution in [1.82, 2.24) is 14.9 Å². The fourth-order valence-electron chi connectivity index (χ4n) is 4.11. The molecule has 1 aliphatic heterocycles. The third-order valence-electron chi connectivity index (χ3n) is 5.84. The molecule has 0 atom stereocenters. The van der Waals surface area contributed by atoms with E-state index in [0.29, 0.717) is 23.7 Å². The number of carbonyl (C=O) groups is 1. The number of halogens is 1. The maximum absolute atomic E-state index is 13.0. The highest BCUT2D eigenvalue weighted by Gasteiger charge is 2.23. The Morgan fingerprint density at radius 1 is 1.00 bits per heavy atom. The Morgan fingerprint density at radius 2 is 1.75 bits per heavy atom. The van der Waals surface area contributed by atoms with Gasteiger partial charge in [0.15, 0.2) is 0 Å². The number of imidazole rings is 1. The van der Waals surface area contributed by atoms with Crippen LogP contribution in [-0.2, 0) is 0 Å². The van der Waals surface area contributed by atoms with Gasteiger partial charge < -0.3 is 19.5 Å². The number of methoxy groups -OCH3 is 1. The van der Waals surface area contributed by atoms with Crippen molar-refractivity contribution in [2.45, 2.75) is 0 Å². The van der Waals surface area contributed by atoms with Crippen LogP contribution < -0.4 is 9.64 Å². The lowest BCUT2D eigenvalue weighted by Gasteiger charge is -2.36. The van der Waals surface area contributed by atoms with E-state index in [1.807, 2.05) is 65.6 Å². The first kappa shape index (κ1) is 20.4. The van der Waals surface area contributed by atoms with Crippen LogP contribution in [0.15, 0.2) is 66.7 Å². The van der Waals surface area contributed by atoms with E-state index in [0.717, 1.165) is 46.9 Å². The van der Waals surface area contributed by atoms with Gasteiger partial charge in [-0.05, 0) is 42.5 Å². The zero-order chi connectivity index (χ0) is 22.1. The number of nitrogens with one attached hydrogen (secondary N) is 1. The molecule has 5 rings (SSSR count). The van der Waals surface area contributed by atoms with Crippen LogP contribution in [0.3, 0.4) is 0 Å². The van der Waals surface area contributed by atoms with Crippen LogP contribution in [-0.4, -0.2) is 54.1 Å². The highest BCUT2D eigenvalue weighted by Crippen LogP contribution is 2.29. The molecule has 0 saturated carbocycles. The smallest absolute Gasteiger partial charge is 0.253 e.